The number of nitrogens with one attached hydrogen (secondary N) is 1. The first-order chi connectivity index (χ1) is 10.6. The highest BCUT2D eigenvalue weighted by molar-refractivity contribution is 5.89. The third-order valence-electron chi connectivity index (χ3n) is 3.72. The summed E-state index contributed by atoms with van der Waals surface area (Å²) in [7, 11) is 0. The molecule has 0 aliphatic heterocycles. The van der Waals surface area contributed by atoms with E-state index in [2.05, 4.69) is 12.2 Å². The number of carbonyl (C=O) groups is 1. The van der Waals surface area contributed by atoms with Crippen LogP contribution in [-0.4, -0.2) is 22.4 Å². The number of carboxylic acid groups (broad SMARTS) is 1. The van der Waals surface area contributed by atoms with Gasteiger partial charge in [0.25, 0.3) is 0 Å². The molecule has 0 amide bonds. The van der Waals surface area contributed by atoms with Gasteiger partial charge in [0.15, 0.2) is 0 Å². The highest BCUT2D eigenvalue weighted by Gasteiger charge is 2.13. The van der Waals surface area contributed by atoms with Gasteiger partial charge in [0, 0.05) is 6.54 Å². The van der Waals surface area contributed by atoms with Crippen molar-refractivity contribution in [3.05, 3.63) is 71.3 Å². The van der Waals surface area contributed by atoms with Gasteiger partial charge in [-0.1, -0.05) is 55.5 Å². The van der Waals surface area contributed by atoms with Gasteiger partial charge in [-0.05, 0) is 29.5 Å². The smallest absolute Gasteiger partial charge is 0.336 e. The van der Waals surface area contributed by atoms with Crippen LogP contribution in [0.15, 0.2) is 54.6 Å². The van der Waals surface area contributed by atoms with Crippen molar-refractivity contribution in [1.29, 1.82) is 0 Å². The Balaban J connectivity index is 1.91. The summed E-state index contributed by atoms with van der Waals surface area (Å²) in [4.78, 5) is 11.1. The third kappa shape index (κ3) is 4.41. The summed E-state index contributed by atoms with van der Waals surface area (Å²) in [6.45, 7) is 2.39. The molecule has 0 aliphatic rings. The predicted octanol–water partition coefficient (Wildman–Crippen LogP) is 2.99. The Hall–Kier alpha value is -2.17. The maximum Gasteiger partial charge on any atom is 0.336 e. The van der Waals surface area contributed by atoms with Gasteiger partial charge in [0.1, 0.15) is 6.23 Å². The predicted molar refractivity (Wildman–Crippen MR) is 85.7 cm³/mol. The maximum atomic E-state index is 11.1. The fraction of sp³-hybridized carbons (Fsp3) is 0.278. The summed E-state index contributed by atoms with van der Waals surface area (Å²) in [5.74, 6) is -0.733. The molecule has 0 heterocycles. The molecule has 0 aromatic heterocycles. The van der Waals surface area contributed by atoms with Crippen molar-refractivity contribution in [2.75, 3.05) is 0 Å². The number of carboxylic acids is 1. The van der Waals surface area contributed by atoms with Crippen molar-refractivity contribution in [3.8, 4) is 0 Å². The Bertz CT molecular complexity index is 613. The Morgan fingerprint density at radius 1 is 1.09 bits per heavy atom. The van der Waals surface area contributed by atoms with E-state index in [1.807, 2.05) is 30.3 Å². The van der Waals surface area contributed by atoms with E-state index in [0.717, 1.165) is 0 Å². The Kier molecular flexibility index (Phi) is 5.69. The lowest BCUT2D eigenvalue weighted by Gasteiger charge is -2.18. The summed E-state index contributed by atoms with van der Waals surface area (Å²) < 4.78 is 0. The quantitative estimate of drug-likeness (QED) is 0.687. The van der Waals surface area contributed by atoms with Crippen molar-refractivity contribution in [3.63, 3.8) is 0 Å². The van der Waals surface area contributed by atoms with E-state index >= 15 is 0 Å². The van der Waals surface area contributed by atoms with E-state index in [1.54, 1.807) is 24.3 Å². The lowest BCUT2D eigenvalue weighted by Crippen LogP contribution is -2.30. The second-order valence-electron chi connectivity index (χ2n) is 5.41. The van der Waals surface area contributed by atoms with Crippen molar-refractivity contribution >= 4 is 5.97 Å². The molecule has 4 heteroatoms. The molecule has 2 aromatic rings. The Labute approximate surface area is 130 Å². The molecule has 0 bridgehead atoms. The number of aromatic carboxylic acids is 1. The molecule has 0 aliphatic carbocycles. The lowest BCUT2D eigenvalue weighted by atomic mass is 9.97. The van der Waals surface area contributed by atoms with Crippen LogP contribution < -0.4 is 5.32 Å². The second kappa shape index (κ2) is 7.73. The first-order valence-electron chi connectivity index (χ1n) is 7.35. The zero-order valence-corrected chi connectivity index (χ0v) is 12.6. The molecule has 0 saturated carbocycles. The van der Waals surface area contributed by atoms with Gasteiger partial charge in [0.05, 0.1) is 5.56 Å². The lowest BCUT2D eigenvalue weighted by molar-refractivity contribution is 0.0693. The van der Waals surface area contributed by atoms with Crippen LogP contribution in [-0.2, 0) is 6.54 Å². The van der Waals surface area contributed by atoms with E-state index in [9.17, 15) is 9.90 Å². The average molecular weight is 299 g/mol. The molecule has 2 rings (SSSR count). The molecule has 116 valence electrons. The fourth-order valence-corrected chi connectivity index (χ4v) is 2.45. The van der Waals surface area contributed by atoms with Gasteiger partial charge in [-0.25, -0.2) is 4.79 Å². The third-order valence-corrected chi connectivity index (χ3v) is 3.72. The monoisotopic (exact) mass is 299 g/mol. The maximum absolute atomic E-state index is 11.1. The Morgan fingerprint density at radius 3 is 2.41 bits per heavy atom. The highest BCUT2D eigenvalue weighted by atomic mass is 16.4. The number of hydrogen-bond donors (Lipinski definition) is 3. The molecule has 0 radical (unpaired) electrons. The molecule has 2 unspecified atom stereocenters. The van der Waals surface area contributed by atoms with Crippen LogP contribution in [0.3, 0.4) is 0 Å². The fourth-order valence-electron chi connectivity index (χ4n) is 2.45. The van der Waals surface area contributed by atoms with Crippen molar-refractivity contribution in [1.82, 2.24) is 5.32 Å². The van der Waals surface area contributed by atoms with Gasteiger partial charge in [-0.3, -0.25) is 5.32 Å². The molecule has 2 aromatic carbocycles. The van der Waals surface area contributed by atoms with Gasteiger partial charge >= 0.3 is 5.97 Å². The summed E-state index contributed by atoms with van der Waals surface area (Å²) in [5.41, 5.74) is 2.11. The van der Waals surface area contributed by atoms with Crippen LogP contribution in [0.5, 0.6) is 0 Å². The summed E-state index contributed by atoms with van der Waals surface area (Å²) >= 11 is 0. The standard InChI is InChI=1S/C18H21NO3/c1-13(14-7-3-2-4-8-14)11-17(20)19-12-15-9-5-6-10-16(15)18(21)22/h2-10,13,17,19-20H,11-12H2,1H3,(H,21,22). The molecule has 0 saturated heterocycles. The average Bonchev–Trinajstić information content (AvgIpc) is 2.54. The minimum atomic E-state index is -0.954. The summed E-state index contributed by atoms with van der Waals surface area (Å²) in [6, 6.07) is 16.8. The second-order valence-corrected chi connectivity index (χ2v) is 5.41. The number of benzene rings is 2. The van der Waals surface area contributed by atoms with Crippen LogP contribution >= 0.6 is 0 Å². The SMILES string of the molecule is CC(CC(O)NCc1ccccc1C(=O)O)c1ccccc1. The molecule has 22 heavy (non-hydrogen) atoms. The van der Waals surface area contributed by atoms with Crippen LogP contribution in [0, 0.1) is 0 Å². The van der Waals surface area contributed by atoms with E-state index in [-0.39, 0.29) is 11.5 Å². The number of hydrogen-bond acceptors (Lipinski definition) is 3. The normalized spacial score (nSPS) is 13.5. The first-order valence-corrected chi connectivity index (χ1v) is 7.35. The van der Waals surface area contributed by atoms with Crippen LogP contribution in [0.1, 0.15) is 40.7 Å². The van der Waals surface area contributed by atoms with Gasteiger partial charge in [-0.2, -0.15) is 0 Å². The van der Waals surface area contributed by atoms with E-state index in [0.29, 0.717) is 18.5 Å². The van der Waals surface area contributed by atoms with E-state index in [4.69, 9.17) is 5.11 Å². The van der Waals surface area contributed by atoms with E-state index < -0.39 is 12.2 Å². The molecular formula is C18H21NO3. The van der Waals surface area contributed by atoms with Crippen molar-refractivity contribution < 1.29 is 15.0 Å². The van der Waals surface area contributed by atoms with Gasteiger partial charge in [-0.15, -0.1) is 0 Å². The van der Waals surface area contributed by atoms with Gasteiger partial charge in [0.2, 0.25) is 0 Å². The van der Waals surface area contributed by atoms with Crippen LogP contribution in [0.4, 0.5) is 0 Å². The number of rotatable bonds is 7. The minimum absolute atomic E-state index is 0.221. The Morgan fingerprint density at radius 2 is 1.73 bits per heavy atom. The van der Waals surface area contributed by atoms with E-state index in [1.165, 1.54) is 5.56 Å². The molecule has 4 nitrogen and oxygen atoms in total. The molecule has 2 atom stereocenters. The summed E-state index contributed by atoms with van der Waals surface area (Å²) in [5, 5.41) is 22.2. The molecular weight excluding hydrogens is 278 g/mol. The van der Waals surface area contributed by atoms with Gasteiger partial charge < -0.3 is 10.2 Å². The van der Waals surface area contributed by atoms with Crippen molar-refractivity contribution in [2.24, 2.45) is 0 Å². The zero-order chi connectivity index (χ0) is 15.9. The number of aliphatic hydroxyl groups is 1. The molecule has 3 N–H and O–H groups in total. The highest BCUT2D eigenvalue weighted by Crippen LogP contribution is 2.19. The first kappa shape index (κ1) is 16.2. The van der Waals surface area contributed by atoms with Crippen LogP contribution in [0.2, 0.25) is 0 Å². The number of aliphatic hydroxyl groups excluding tert-OH is 1. The molecule has 0 fully saturated rings. The largest absolute Gasteiger partial charge is 0.478 e. The van der Waals surface area contributed by atoms with Crippen LogP contribution in [0.25, 0.3) is 0 Å². The van der Waals surface area contributed by atoms with Crippen molar-refractivity contribution in [2.45, 2.75) is 32.0 Å². The summed E-state index contributed by atoms with van der Waals surface area (Å²) in [6.07, 6.45) is -0.115. The molecule has 0 spiro atoms. The zero-order valence-electron chi connectivity index (χ0n) is 12.6. The topological polar surface area (TPSA) is 69.6 Å². The minimum Gasteiger partial charge on any atom is -0.478 e.